The Balaban J connectivity index is 0.746. The Morgan fingerprint density at radius 1 is 0.910 bits per heavy atom. The molecule has 5 aromatic rings. The van der Waals surface area contributed by atoms with E-state index in [1.54, 1.807) is 36.5 Å². The number of sulfonamides is 1. The van der Waals surface area contributed by atoms with Crippen LogP contribution in [0.15, 0.2) is 65.5 Å². The third-order valence-corrected chi connectivity index (χ3v) is 15.2. The van der Waals surface area contributed by atoms with Crippen LogP contribution in [0.25, 0.3) is 11.0 Å². The predicted octanol–water partition coefficient (Wildman–Crippen LogP) is 5.94. The molecule has 4 saturated heterocycles. The van der Waals surface area contributed by atoms with Crippen molar-refractivity contribution in [2.75, 3.05) is 77.8 Å². The number of rotatable bonds is 12. The van der Waals surface area contributed by atoms with Gasteiger partial charge in [-0.3, -0.25) is 39.3 Å². The zero-order valence-corrected chi connectivity index (χ0v) is 40.0. The first-order chi connectivity index (χ1) is 32.3. The third-order valence-electron chi connectivity index (χ3n) is 14.0. The largest absolute Gasteiger partial charge is 0.494 e. The number of benzene rings is 3. The van der Waals surface area contributed by atoms with E-state index in [2.05, 4.69) is 91.4 Å². The molecule has 4 fully saturated rings. The fourth-order valence-corrected chi connectivity index (χ4v) is 11.4. The maximum Gasteiger partial charge on any atom is 0.255 e. The van der Waals surface area contributed by atoms with Gasteiger partial charge in [-0.25, -0.2) is 13.4 Å². The number of nitrogens with zero attached hydrogens (tertiary/aromatic N) is 8. The highest BCUT2D eigenvalue weighted by atomic mass is 79.9. The molecule has 2 aromatic heterocycles. The SMILES string of the molecule is CCc1cc(Nc2ncc(Br)c(Nc3ccc4nccnc4c3NS(C)(=O)=O)n2)c(OC)cc1N1CCC(N2CC3(CCN(c4ccc5c(c4)CN(C4CCC(=O)NC4=O)C5=O)CC3)C2)CC1. The second-order valence-electron chi connectivity index (χ2n) is 18.3. The molecule has 5 aliphatic rings. The first-order valence-corrected chi connectivity index (χ1v) is 25.5. The Morgan fingerprint density at radius 2 is 1.69 bits per heavy atom. The van der Waals surface area contributed by atoms with Crippen molar-refractivity contribution in [2.45, 2.75) is 70.5 Å². The molecular formula is C47H53BrN12O6S. The number of likely N-dealkylation sites (tertiary alicyclic amines) is 1. The number of halogens is 1. The number of hydrogen-bond donors (Lipinski definition) is 4. The van der Waals surface area contributed by atoms with E-state index in [1.807, 2.05) is 12.1 Å². The smallest absolute Gasteiger partial charge is 0.255 e. The minimum absolute atomic E-state index is 0.137. The summed E-state index contributed by atoms with van der Waals surface area (Å²) in [6, 6.07) is 13.7. The lowest BCUT2D eigenvalue weighted by molar-refractivity contribution is -0.136. The molecule has 67 heavy (non-hydrogen) atoms. The summed E-state index contributed by atoms with van der Waals surface area (Å²) in [6.45, 7) is 8.66. The zero-order valence-electron chi connectivity index (χ0n) is 37.6. The van der Waals surface area contributed by atoms with Gasteiger partial charge in [0.25, 0.3) is 5.91 Å². The van der Waals surface area contributed by atoms with Gasteiger partial charge in [0, 0.05) is 99.9 Å². The average molecular weight is 994 g/mol. The summed E-state index contributed by atoms with van der Waals surface area (Å²) in [5.74, 6) is 0.588. The molecule has 4 N–H and O–H groups in total. The van der Waals surface area contributed by atoms with Crippen molar-refractivity contribution in [2.24, 2.45) is 5.41 Å². The molecule has 7 heterocycles. The topological polar surface area (TPSA) is 207 Å². The number of fused-ring (bicyclic) bond motifs is 2. The van der Waals surface area contributed by atoms with Crippen LogP contribution in [0.2, 0.25) is 0 Å². The molecule has 0 bridgehead atoms. The first-order valence-electron chi connectivity index (χ1n) is 22.8. The molecule has 350 valence electrons. The fourth-order valence-electron chi connectivity index (χ4n) is 10.5. The highest BCUT2D eigenvalue weighted by Crippen LogP contribution is 2.45. The number of ether oxygens (including phenoxy) is 1. The van der Waals surface area contributed by atoms with Crippen LogP contribution in [0.5, 0.6) is 5.75 Å². The van der Waals surface area contributed by atoms with E-state index >= 15 is 0 Å². The minimum Gasteiger partial charge on any atom is -0.494 e. The van der Waals surface area contributed by atoms with Crippen LogP contribution in [0, 0.1) is 5.41 Å². The summed E-state index contributed by atoms with van der Waals surface area (Å²) in [5.41, 5.74) is 7.76. The van der Waals surface area contributed by atoms with Crippen LogP contribution in [-0.4, -0.2) is 121 Å². The number of hydrogen-bond acceptors (Lipinski definition) is 15. The number of methoxy groups -OCH3 is 1. The van der Waals surface area contributed by atoms with Gasteiger partial charge in [-0.2, -0.15) is 4.98 Å². The number of anilines is 7. The van der Waals surface area contributed by atoms with Crippen LogP contribution >= 0.6 is 15.9 Å². The van der Waals surface area contributed by atoms with E-state index in [-0.39, 0.29) is 29.8 Å². The summed E-state index contributed by atoms with van der Waals surface area (Å²) in [6.07, 6.45) is 11.6. The van der Waals surface area contributed by atoms with Gasteiger partial charge in [0.05, 0.1) is 40.4 Å². The monoisotopic (exact) mass is 992 g/mol. The van der Waals surface area contributed by atoms with Crippen LogP contribution < -0.4 is 35.2 Å². The van der Waals surface area contributed by atoms with Crippen molar-refractivity contribution in [3.63, 3.8) is 0 Å². The van der Waals surface area contributed by atoms with E-state index in [9.17, 15) is 22.8 Å². The van der Waals surface area contributed by atoms with E-state index in [4.69, 9.17) is 9.72 Å². The molecule has 5 aliphatic heterocycles. The van der Waals surface area contributed by atoms with Gasteiger partial charge >= 0.3 is 0 Å². The standard InChI is InChI=1S/C47H53BrN12O6S/c1-4-28-22-36(53-46-51-24-33(48)43(55-46)52-35-8-7-34-41(50-16-15-49-34)42(35)56-67(3,64)65)39(66-2)23-38(28)58-17-11-30(12-18-58)59-26-47(27-59)13-19-57(20-14-47)31-5-6-32-29(21-31)25-60(45(32)63)37-9-10-40(61)54-44(37)62/h5-8,15-16,21-24,30,37,56H,4,9-14,17-20,25-27H2,1-3H3,(H,54,61,62)(H2,51,52,53,55). The lowest BCUT2D eigenvalue weighted by Gasteiger charge is -2.57. The lowest BCUT2D eigenvalue weighted by Crippen LogP contribution is -2.64. The number of carbonyl (C=O) groups excluding carboxylic acids is 3. The molecule has 1 atom stereocenters. The number of aromatic nitrogens is 4. The molecule has 0 saturated carbocycles. The number of aryl methyl sites for hydroxylation is 1. The lowest BCUT2D eigenvalue weighted by atomic mass is 9.70. The van der Waals surface area contributed by atoms with Crippen molar-refractivity contribution in [3.8, 4) is 5.75 Å². The Morgan fingerprint density at radius 3 is 2.42 bits per heavy atom. The van der Waals surface area contributed by atoms with Crippen molar-refractivity contribution in [1.82, 2.24) is 35.1 Å². The van der Waals surface area contributed by atoms with Crippen molar-refractivity contribution >= 4 is 94.9 Å². The maximum atomic E-state index is 13.2. The average Bonchev–Trinajstić information content (AvgIpc) is 3.64. The van der Waals surface area contributed by atoms with E-state index < -0.39 is 16.1 Å². The number of nitrogens with one attached hydrogen (secondary N) is 4. The molecule has 1 unspecified atom stereocenters. The third kappa shape index (κ3) is 8.93. The molecule has 10 rings (SSSR count). The molecular weight excluding hydrogens is 941 g/mol. The van der Waals surface area contributed by atoms with E-state index in [1.165, 1.54) is 17.4 Å². The molecule has 3 aromatic carbocycles. The van der Waals surface area contributed by atoms with Crippen molar-refractivity contribution in [1.29, 1.82) is 0 Å². The van der Waals surface area contributed by atoms with Gasteiger partial charge in [0.2, 0.25) is 27.8 Å². The maximum absolute atomic E-state index is 13.2. The Hall–Kier alpha value is -6.12. The summed E-state index contributed by atoms with van der Waals surface area (Å²) in [5, 5.41) is 9.00. The second-order valence-corrected chi connectivity index (χ2v) is 20.9. The van der Waals surface area contributed by atoms with E-state index in [0.29, 0.717) is 68.7 Å². The molecule has 0 radical (unpaired) electrons. The minimum atomic E-state index is -3.65. The summed E-state index contributed by atoms with van der Waals surface area (Å²) >= 11 is 3.55. The van der Waals surface area contributed by atoms with Crippen LogP contribution in [0.1, 0.15) is 66.9 Å². The number of imide groups is 1. The molecule has 3 amide bonds. The second kappa shape index (κ2) is 17.8. The number of piperidine rings is 3. The highest BCUT2D eigenvalue weighted by Gasteiger charge is 2.47. The Labute approximate surface area is 397 Å². The normalized spacial score (nSPS) is 19.9. The van der Waals surface area contributed by atoms with Gasteiger partial charge in [-0.05, 0) is 107 Å². The van der Waals surface area contributed by atoms with Gasteiger partial charge in [0.1, 0.15) is 23.1 Å². The number of carbonyl (C=O) groups is 3. The predicted molar refractivity (Wildman–Crippen MR) is 260 cm³/mol. The van der Waals surface area contributed by atoms with Gasteiger partial charge in [-0.1, -0.05) is 6.92 Å². The van der Waals surface area contributed by atoms with Crippen molar-refractivity contribution in [3.05, 3.63) is 82.2 Å². The molecule has 1 spiro atoms. The number of amides is 3. The Kier molecular flexibility index (Phi) is 11.9. The summed E-state index contributed by atoms with van der Waals surface area (Å²) in [7, 11) is -1.99. The Bertz CT molecular complexity index is 2900. The highest BCUT2D eigenvalue weighted by molar-refractivity contribution is 9.10. The fraction of sp³-hybridized carbons (Fsp3) is 0.426. The van der Waals surface area contributed by atoms with E-state index in [0.717, 1.165) is 94.6 Å². The molecule has 18 nitrogen and oxygen atoms in total. The van der Waals surface area contributed by atoms with Gasteiger partial charge in [-0.15, -0.1) is 0 Å². The van der Waals surface area contributed by atoms with Crippen LogP contribution in [0.4, 0.5) is 40.2 Å². The molecule has 20 heteroatoms. The summed E-state index contributed by atoms with van der Waals surface area (Å²) < 4.78 is 33.8. The quantitative estimate of drug-likeness (QED) is 0.107. The van der Waals surface area contributed by atoms with Gasteiger partial charge in [0.15, 0.2) is 0 Å². The summed E-state index contributed by atoms with van der Waals surface area (Å²) in [4.78, 5) is 64.7. The first kappa shape index (κ1) is 44.7. The zero-order chi connectivity index (χ0) is 46.6. The van der Waals surface area contributed by atoms with Gasteiger partial charge < -0.3 is 30.1 Å². The molecule has 0 aliphatic carbocycles. The van der Waals surface area contributed by atoms with Crippen LogP contribution in [-0.2, 0) is 32.6 Å². The van der Waals surface area contributed by atoms with Crippen LogP contribution in [0.3, 0.4) is 0 Å². The van der Waals surface area contributed by atoms with Crippen molar-refractivity contribution < 1.29 is 27.5 Å².